The molecule has 0 bridgehead atoms. The van der Waals surface area contributed by atoms with Crippen LogP contribution in [0.1, 0.15) is 89.1 Å². The third-order valence-electron chi connectivity index (χ3n) is 10.9. The van der Waals surface area contributed by atoms with Gasteiger partial charge in [-0.25, -0.2) is 14.1 Å². The maximum atomic E-state index is 15.7. The van der Waals surface area contributed by atoms with E-state index in [-0.39, 0.29) is 42.6 Å². The topological polar surface area (TPSA) is 156 Å². The number of carbonyl (C=O) groups is 3. The van der Waals surface area contributed by atoms with Gasteiger partial charge in [-0.05, 0) is 98.5 Å². The van der Waals surface area contributed by atoms with E-state index in [9.17, 15) is 14.4 Å². The lowest BCUT2D eigenvalue weighted by Gasteiger charge is -2.29. The van der Waals surface area contributed by atoms with Crippen LogP contribution in [0.3, 0.4) is 0 Å². The summed E-state index contributed by atoms with van der Waals surface area (Å²) in [6.07, 6.45) is 6.81. The molecule has 298 valence electrons. The number of hydrogen-bond acceptors (Lipinski definition) is 8. The average molecular weight is 775 g/mol. The van der Waals surface area contributed by atoms with E-state index in [4.69, 9.17) is 15.5 Å². The van der Waals surface area contributed by atoms with Gasteiger partial charge in [0.15, 0.2) is 5.65 Å². The van der Waals surface area contributed by atoms with Crippen LogP contribution in [0.25, 0.3) is 22.2 Å². The predicted molar refractivity (Wildman–Crippen MR) is 218 cm³/mol. The molecule has 0 saturated carbocycles. The lowest BCUT2D eigenvalue weighted by molar-refractivity contribution is -0.122. The van der Waals surface area contributed by atoms with E-state index in [0.717, 1.165) is 65.6 Å². The number of halogens is 1. The van der Waals surface area contributed by atoms with Gasteiger partial charge in [0.1, 0.15) is 5.82 Å². The SMILES string of the molecule is CCc1nc2c(cnn2CC)c(NC2CCOCC2)c1CN(Cc1ccc(F)c(-c2cccc(CN[C@@H]3CCCCNC3=O)c2)c1)C(=O)c1cccc(C(N)=O)c1. The molecule has 0 aliphatic carbocycles. The van der Waals surface area contributed by atoms with Gasteiger partial charge < -0.3 is 31.3 Å². The Hall–Kier alpha value is -5.66. The molecule has 5 N–H and O–H groups in total. The van der Waals surface area contributed by atoms with E-state index >= 15 is 4.39 Å². The molecule has 13 heteroatoms. The molecular weight excluding hydrogens is 724 g/mol. The molecule has 0 radical (unpaired) electrons. The molecule has 5 aromatic rings. The molecule has 0 unspecified atom stereocenters. The number of hydrogen-bond donors (Lipinski definition) is 4. The molecule has 2 fully saturated rings. The monoisotopic (exact) mass is 774 g/mol. The van der Waals surface area contributed by atoms with E-state index < -0.39 is 11.7 Å². The lowest BCUT2D eigenvalue weighted by Crippen LogP contribution is -2.42. The van der Waals surface area contributed by atoms with E-state index in [1.54, 1.807) is 35.2 Å². The van der Waals surface area contributed by atoms with Crippen LogP contribution in [0, 0.1) is 5.82 Å². The Bertz CT molecular complexity index is 2250. The minimum atomic E-state index is -0.631. The van der Waals surface area contributed by atoms with Gasteiger partial charge in [-0.1, -0.05) is 37.3 Å². The number of rotatable bonds is 14. The minimum absolute atomic E-state index is 0.00661. The second-order valence-electron chi connectivity index (χ2n) is 14.8. The third kappa shape index (κ3) is 9.16. The number of ether oxygens (including phenoxy) is 1. The fraction of sp³-hybridized carbons (Fsp3) is 0.386. The number of anilines is 1. The molecule has 12 nitrogen and oxygen atoms in total. The molecule has 3 amide bonds. The lowest BCUT2D eigenvalue weighted by atomic mass is 9.99. The fourth-order valence-corrected chi connectivity index (χ4v) is 7.80. The highest BCUT2D eigenvalue weighted by Gasteiger charge is 2.26. The first-order valence-electron chi connectivity index (χ1n) is 20.0. The maximum absolute atomic E-state index is 15.7. The minimum Gasteiger partial charge on any atom is -0.381 e. The number of nitrogens with two attached hydrogens (primary N) is 1. The second-order valence-corrected chi connectivity index (χ2v) is 14.8. The smallest absolute Gasteiger partial charge is 0.254 e. The van der Waals surface area contributed by atoms with Crippen molar-refractivity contribution in [3.05, 3.63) is 112 Å². The van der Waals surface area contributed by atoms with E-state index in [2.05, 4.69) is 21.0 Å². The molecule has 57 heavy (non-hydrogen) atoms. The van der Waals surface area contributed by atoms with Crippen molar-refractivity contribution >= 4 is 34.4 Å². The number of aryl methyl sites for hydroxylation is 2. The molecule has 2 aliphatic heterocycles. The van der Waals surface area contributed by atoms with Crippen molar-refractivity contribution < 1.29 is 23.5 Å². The summed E-state index contributed by atoms with van der Waals surface area (Å²) in [6.45, 7) is 7.50. The number of pyridine rings is 1. The Kier molecular flexibility index (Phi) is 12.5. The molecule has 0 spiro atoms. The van der Waals surface area contributed by atoms with Crippen LogP contribution in [0.2, 0.25) is 0 Å². The summed E-state index contributed by atoms with van der Waals surface area (Å²) in [5, 5.41) is 15.7. The van der Waals surface area contributed by atoms with Crippen LogP contribution in [0.5, 0.6) is 0 Å². The van der Waals surface area contributed by atoms with Gasteiger partial charge in [-0.2, -0.15) is 5.10 Å². The van der Waals surface area contributed by atoms with E-state index in [1.807, 2.05) is 49.0 Å². The van der Waals surface area contributed by atoms with E-state index in [0.29, 0.717) is 61.5 Å². The van der Waals surface area contributed by atoms with Crippen LogP contribution in [-0.4, -0.2) is 69.2 Å². The van der Waals surface area contributed by atoms with E-state index in [1.165, 1.54) is 12.1 Å². The number of amides is 3. The summed E-state index contributed by atoms with van der Waals surface area (Å²) in [4.78, 5) is 46.2. The molecule has 7 rings (SSSR count). The normalized spacial score (nSPS) is 16.3. The van der Waals surface area contributed by atoms with Crippen LogP contribution in [-0.2, 0) is 42.1 Å². The van der Waals surface area contributed by atoms with Crippen LogP contribution in [0.4, 0.5) is 10.1 Å². The Balaban J connectivity index is 1.25. The number of carbonyl (C=O) groups excluding carboxylic acids is 3. The maximum Gasteiger partial charge on any atom is 0.254 e. The molecule has 2 saturated heterocycles. The summed E-state index contributed by atoms with van der Waals surface area (Å²) in [5.41, 5.74) is 12.3. The summed E-state index contributed by atoms with van der Waals surface area (Å²) in [7, 11) is 0. The highest BCUT2D eigenvalue weighted by atomic mass is 19.1. The number of nitrogens with zero attached hydrogens (tertiary/aromatic N) is 4. The quantitative estimate of drug-likeness (QED) is 0.105. The first-order chi connectivity index (χ1) is 27.7. The molecule has 2 aliphatic rings. The first kappa shape index (κ1) is 39.6. The van der Waals surface area contributed by atoms with Gasteiger partial charge in [0, 0.05) is 73.4 Å². The zero-order chi connectivity index (χ0) is 39.9. The summed E-state index contributed by atoms with van der Waals surface area (Å²) < 4.78 is 23.3. The number of primary amides is 1. The van der Waals surface area contributed by atoms with Crippen molar-refractivity contribution in [2.24, 2.45) is 5.73 Å². The van der Waals surface area contributed by atoms with Crippen molar-refractivity contribution in [2.75, 3.05) is 25.1 Å². The zero-order valence-corrected chi connectivity index (χ0v) is 32.7. The highest BCUT2D eigenvalue weighted by molar-refractivity contribution is 5.99. The van der Waals surface area contributed by atoms with Gasteiger partial charge in [0.25, 0.3) is 5.91 Å². The number of aromatic nitrogens is 3. The van der Waals surface area contributed by atoms with Gasteiger partial charge in [0.2, 0.25) is 11.8 Å². The second kappa shape index (κ2) is 18.1. The zero-order valence-electron chi connectivity index (χ0n) is 32.7. The summed E-state index contributed by atoms with van der Waals surface area (Å²) >= 11 is 0. The van der Waals surface area contributed by atoms with Crippen molar-refractivity contribution in [3.63, 3.8) is 0 Å². The Labute approximate surface area is 332 Å². The molecule has 2 aromatic heterocycles. The van der Waals surface area contributed by atoms with Gasteiger partial charge in [0.05, 0.1) is 29.9 Å². The number of nitrogens with one attached hydrogen (secondary N) is 3. The van der Waals surface area contributed by atoms with Crippen molar-refractivity contribution in [1.29, 1.82) is 0 Å². The number of benzene rings is 3. The standard InChI is InChI=1S/C44H51FN8O4/c1-3-38-36(40(50-33-16-19-57-20-17-33)35-25-49-53(4-2)42(35)51-38)27-52(44(56)32-12-8-11-31(23-32)41(46)54)26-29-14-15-37(45)34(22-29)30-10-7-9-28(21-30)24-48-39-13-5-6-18-47-43(39)55/h7-12,14-15,21-23,25,33,39,48H,3-6,13,16-20,24,26-27H2,1-2H3,(H2,46,54)(H,47,55)(H,50,51)/t39-/m1/s1. The molecular formula is C44H51FN8O4. The van der Waals surface area contributed by atoms with Gasteiger partial charge in [-0.3, -0.25) is 14.4 Å². The number of fused-ring (bicyclic) bond motifs is 1. The fourth-order valence-electron chi connectivity index (χ4n) is 7.80. The van der Waals surface area contributed by atoms with Crippen LogP contribution in [0.15, 0.2) is 72.9 Å². The molecule has 3 aromatic carbocycles. The highest BCUT2D eigenvalue weighted by Crippen LogP contribution is 2.34. The van der Waals surface area contributed by atoms with Crippen molar-refractivity contribution in [3.8, 4) is 11.1 Å². The summed E-state index contributed by atoms with van der Waals surface area (Å²) in [5.74, 6) is -1.33. The van der Waals surface area contributed by atoms with Crippen LogP contribution >= 0.6 is 0 Å². The average Bonchev–Trinajstić information content (AvgIpc) is 3.54. The summed E-state index contributed by atoms with van der Waals surface area (Å²) in [6, 6.07) is 18.9. The molecule has 1 atom stereocenters. The van der Waals surface area contributed by atoms with Gasteiger partial charge >= 0.3 is 0 Å². The van der Waals surface area contributed by atoms with Crippen molar-refractivity contribution in [1.82, 2.24) is 30.3 Å². The molecule has 4 heterocycles. The largest absolute Gasteiger partial charge is 0.381 e. The Morgan fingerprint density at radius 3 is 2.58 bits per heavy atom. The third-order valence-corrected chi connectivity index (χ3v) is 10.9. The Morgan fingerprint density at radius 2 is 1.79 bits per heavy atom. The van der Waals surface area contributed by atoms with Crippen LogP contribution < -0.4 is 21.7 Å². The Morgan fingerprint density at radius 1 is 0.982 bits per heavy atom. The first-order valence-corrected chi connectivity index (χ1v) is 20.0. The van der Waals surface area contributed by atoms with Gasteiger partial charge in [-0.15, -0.1) is 0 Å². The van der Waals surface area contributed by atoms with Crippen molar-refractivity contribution in [2.45, 2.75) is 90.6 Å². The predicted octanol–water partition coefficient (Wildman–Crippen LogP) is 6.11.